The number of amides is 1. The number of aromatic nitrogens is 1. The van der Waals surface area contributed by atoms with Crippen LogP contribution in [0.15, 0.2) is 48.8 Å². The third kappa shape index (κ3) is 5.00. The highest BCUT2D eigenvalue weighted by Gasteiger charge is 2.40. The summed E-state index contributed by atoms with van der Waals surface area (Å²) in [5, 5.41) is 3.09. The summed E-state index contributed by atoms with van der Waals surface area (Å²) in [6, 6.07) is 11.1. The number of carbonyl (C=O) groups is 1. The number of benzene rings is 1. The van der Waals surface area contributed by atoms with E-state index < -0.39 is 0 Å². The van der Waals surface area contributed by atoms with Crippen LogP contribution in [0.4, 0.5) is 4.39 Å². The Bertz CT molecular complexity index is 822. The Morgan fingerprint density at radius 3 is 2.79 bits per heavy atom. The molecule has 1 aromatic heterocycles. The van der Waals surface area contributed by atoms with Gasteiger partial charge in [0.05, 0.1) is 11.8 Å². The number of rotatable bonds is 5. The molecular weight excluding hydrogens is 369 g/mol. The predicted octanol–water partition coefficient (Wildman–Crippen LogP) is 3.41. The van der Waals surface area contributed by atoms with E-state index in [1.54, 1.807) is 12.3 Å². The highest BCUT2D eigenvalue weighted by atomic mass is 19.1. The van der Waals surface area contributed by atoms with E-state index in [1.165, 1.54) is 6.20 Å². The maximum Gasteiger partial charge on any atom is 0.251 e. The monoisotopic (exact) mass is 397 g/mol. The van der Waals surface area contributed by atoms with Crippen LogP contribution in [-0.4, -0.2) is 47.6 Å². The molecule has 0 aliphatic carbocycles. The van der Waals surface area contributed by atoms with Crippen LogP contribution in [0.25, 0.3) is 0 Å². The number of nitrogens with zero attached hydrogens (tertiary/aromatic N) is 2. The van der Waals surface area contributed by atoms with Gasteiger partial charge in [0, 0.05) is 50.1 Å². The van der Waals surface area contributed by atoms with E-state index in [9.17, 15) is 9.18 Å². The van der Waals surface area contributed by atoms with Crippen molar-refractivity contribution in [3.63, 3.8) is 0 Å². The van der Waals surface area contributed by atoms with Crippen molar-refractivity contribution >= 4 is 5.91 Å². The highest BCUT2D eigenvalue weighted by Crippen LogP contribution is 2.37. The minimum atomic E-state index is -0.240. The molecule has 2 aliphatic heterocycles. The van der Waals surface area contributed by atoms with Gasteiger partial charge in [-0.25, -0.2) is 4.39 Å². The lowest BCUT2D eigenvalue weighted by Gasteiger charge is -2.46. The largest absolute Gasteiger partial charge is 0.375 e. The summed E-state index contributed by atoms with van der Waals surface area (Å²) in [6.07, 6.45) is 6.76. The summed E-state index contributed by atoms with van der Waals surface area (Å²) >= 11 is 0. The molecule has 1 amide bonds. The number of hydrogen-bond donors (Lipinski definition) is 1. The number of likely N-dealkylation sites (tertiary alicyclic amines) is 1. The molecule has 2 aromatic rings. The summed E-state index contributed by atoms with van der Waals surface area (Å²) in [5.41, 5.74) is 1.29. The molecule has 1 atom stereocenters. The van der Waals surface area contributed by atoms with E-state index >= 15 is 0 Å². The Hall–Kier alpha value is -2.31. The third-order valence-electron chi connectivity index (χ3n) is 6.20. The molecule has 1 unspecified atom stereocenters. The van der Waals surface area contributed by atoms with Crippen molar-refractivity contribution in [3.8, 4) is 0 Å². The van der Waals surface area contributed by atoms with Gasteiger partial charge in [0.15, 0.2) is 0 Å². The van der Waals surface area contributed by atoms with Crippen molar-refractivity contribution in [2.24, 2.45) is 5.92 Å². The van der Waals surface area contributed by atoms with Crippen LogP contribution in [0.5, 0.6) is 0 Å². The molecule has 2 aliphatic rings. The number of ether oxygens (including phenoxy) is 1. The molecular formula is C23H28FN3O2. The van der Waals surface area contributed by atoms with Crippen LogP contribution >= 0.6 is 0 Å². The zero-order valence-corrected chi connectivity index (χ0v) is 16.6. The van der Waals surface area contributed by atoms with Crippen molar-refractivity contribution < 1.29 is 13.9 Å². The number of piperidine rings is 1. The van der Waals surface area contributed by atoms with Gasteiger partial charge in [0.1, 0.15) is 5.82 Å². The number of carbonyl (C=O) groups excluding carboxylic acids is 1. The van der Waals surface area contributed by atoms with Gasteiger partial charge in [-0.3, -0.25) is 14.7 Å². The second-order valence-corrected chi connectivity index (χ2v) is 8.21. The Balaban J connectivity index is 1.27. The molecule has 1 aromatic carbocycles. The van der Waals surface area contributed by atoms with Crippen molar-refractivity contribution in [2.45, 2.75) is 37.8 Å². The molecule has 0 radical (unpaired) electrons. The van der Waals surface area contributed by atoms with Crippen LogP contribution in [0.1, 0.15) is 41.6 Å². The van der Waals surface area contributed by atoms with E-state index in [2.05, 4.69) is 15.2 Å². The van der Waals surface area contributed by atoms with Gasteiger partial charge in [-0.2, -0.15) is 0 Å². The maximum absolute atomic E-state index is 13.9. The summed E-state index contributed by atoms with van der Waals surface area (Å²) in [7, 11) is 0. The minimum absolute atomic E-state index is 0.0136. The van der Waals surface area contributed by atoms with Crippen molar-refractivity contribution in [1.82, 2.24) is 15.2 Å². The van der Waals surface area contributed by atoms with E-state index in [-0.39, 0.29) is 17.3 Å². The van der Waals surface area contributed by atoms with E-state index in [0.717, 1.165) is 45.4 Å². The topological polar surface area (TPSA) is 54.5 Å². The fraction of sp³-hybridized carbons (Fsp3) is 0.478. The van der Waals surface area contributed by atoms with Gasteiger partial charge in [-0.05, 0) is 49.8 Å². The van der Waals surface area contributed by atoms with E-state index in [0.29, 0.717) is 30.1 Å². The van der Waals surface area contributed by atoms with Gasteiger partial charge in [-0.1, -0.05) is 18.2 Å². The first-order chi connectivity index (χ1) is 14.1. The van der Waals surface area contributed by atoms with E-state index in [1.807, 2.05) is 30.3 Å². The molecule has 2 fully saturated rings. The molecule has 1 spiro atoms. The molecule has 0 saturated carbocycles. The van der Waals surface area contributed by atoms with Crippen LogP contribution < -0.4 is 5.32 Å². The average molecular weight is 397 g/mol. The Kier molecular flexibility index (Phi) is 6.21. The highest BCUT2D eigenvalue weighted by molar-refractivity contribution is 5.94. The first-order valence-electron chi connectivity index (χ1n) is 10.4. The average Bonchev–Trinajstić information content (AvgIpc) is 2.76. The number of halogens is 1. The van der Waals surface area contributed by atoms with Gasteiger partial charge in [-0.15, -0.1) is 0 Å². The fourth-order valence-electron chi connectivity index (χ4n) is 4.47. The first-order valence-corrected chi connectivity index (χ1v) is 10.4. The second kappa shape index (κ2) is 9.01. The molecule has 1 N–H and O–H groups in total. The maximum atomic E-state index is 13.9. The van der Waals surface area contributed by atoms with Crippen molar-refractivity contribution in [3.05, 3.63) is 65.7 Å². The van der Waals surface area contributed by atoms with Crippen LogP contribution in [-0.2, 0) is 11.3 Å². The lowest BCUT2D eigenvalue weighted by atomic mass is 9.79. The van der Waals surface area contributed by atoms with Crippen LogP contribution in [0.3, 0.4) is 0 Å². The second-order valence-electron chi connectivity index (χ2n) is 8.21. The van der Waals surface area contributed by atoms with Crippen molar-refractivity contribution in [1.29, 1.82) is 0 Å². The molecule has 0 bridgehead atoms. The van der Waals surface area contributed by atoms with E-state index in [4.69, 9.17) is 4.74 Å². The van der Waals surface area contributed by atoms with Gasteiger partial charge in [0.25, 0.3) is 5.91 Å². The van der Waals surface area contributed by atoms with Crippen LogP contribution in [0, 0.1) is 11.7 Å². The Labute approximate surface area is 171 Å². The number of nitrogens with one attached hydrogen (secondary N) is 1. The summed E-state index contributed by atoms with van der Waals surface area (Å²) in [4.78, 5) is 18.4. The molecule has 3 heterocycles. The predicted molar refractivity (Wildman–Crippen MR) is 109 cm³/mol. The molecule has 154 valence electrons. The Morgan fingerprint density at radius 1 is 1.24 bits per heavy atom. The minimum Gasteiger partial charge on any atom is -0.375 e. The fourth-order valence-corrected chi connectivity index (χ4v) is 4.47. The molecule has 2 saturated heterocycles. The van der Waals surface area contributed by atoms with Gasteiger partial charge < -0.3 is 10.1 Å². The zero-order valence-electron chi connectivity index (χ0n) is 16.6. The molecule has 29 heavy (non-hydrogen) atoms. The zero-order chi connectivity index (χ0) is 20.1. The summed E-state index contributed by atoms with van der Waals surface area (Å²) in [5.74, 6) is 0.178. The normalized spacial score (nSPS) is 21.8. The molecule has 4 rings (SSSR count). The third-order valence-corrected chi connectivity index (χ3v) is 6.20. The van der Waals surface area contributed by atoms with Crippen molar-refractivity contribution in [2.75, 3.05) is 26.2 Å². The summed E-state index contributed by atoms with van der Waals surface area (Å²) < 4.78 is 20.1. The quantitative estimate of drug-likeness (QED) is 0.840. The number of hydrogen-bond acceptors (Lipinski definition) is 4. The SMILES string of the molecule is O=C(NCC1CCOC2(CCN(Cc3ccncc3F)CC2)C1)c1ccccc1. The van der Waals surface area contributed by atoms with Gasteiger partial charge >= 0.3 is 0 Å². The summed E-state index contributed by atoms with van der Waals surface area (Å²) in [6.45, 7) is 3.83. The van der Waals surface area contributed by atoms with Crippen LogP contribution in [0.2, 0.25) is 0 Å². The number of pyridine rings is 1. The lowest BCUT2D eigenvalue weighted by Crippen LogP contribution is -2.50. The molecule has 6 heteroatoms. The lowest BCUT2D eigenvalue weighted by molar-refractivity contribution is -0.127. The van der Waals surface area contributed by atoms with Gasteiger partial charge in [0.2, 0.25) is 0 Å². The Morgan fingerprint density at radius 2 is 2.03 bits per heavy atom. The first kappa shape index (κ1) is 20.0. The standard InChI is InChI=1S/C23H28FN3O2/c24-21-16-25-10-6-20(21)17-27-11-8-23(9-12-27)14-18(7-13-29-23)15-26-22(28)19-4-2-1-3-5-19/h1-6,10,16,18H,7-9,11-15,17H2,(H,26,28). The smallest absolute Gasteiger partial charge is 0.251 e. The molecule has 5 nitrogen and oxygen atoms in total.